The molecule has 2 aromatic carbocycles. The molecular formula is C19H23N3O3. The van der Waals surface area contributed by atoms with Gasteiger partial charge in [-0.05, 0) is 42.3 Å². The van der Waals surface area contributed by atoms with Gasteiger partial charge in [-0.25, -0.2) is 4.79 Å². The van der Waals surface area contributed by atoms with E-state index in [9.17, 15) is 9.59 Å². The number of anilines is 1. The Morgan fingerprint density at radius 2 is 1.56 bits per heavy atom. The van der Waals surface area contributed by atoms with E-state index in [-0.39, 0.29) is 11.9 Å². The summed E-state index contributed by atoms with van der Waals surface area (Å²) in [5, 5.41) is 8.31. The smallest absolute Gasteiger partial charge is 0.319 e. The fourth-order valence-corrected chi connectivity index (χ4v) is 2.25. The summed E-state index contributed by atoms with van der Waals surface area (Å²) in [6.07, 6.45) is 0.331. The Labute approximate surface area is 147 Å². The Balaban J connectivity index is 1.80. The van der Waals surface area contributed by atoms with Crippen LogP contribution in [0.2, 0.25) is 0 Å². The number of carbonyl (C=O) groups excluding carboxylic acids is 2. The number of amides is 3. The number of rotatable bonds is 7. The molecule has 3 N–H and O–H groups in total. The largest absolute Gasteiger partial charge is 0.497 e. The Kier molecular flexibility index (Phi) is 6.83. The Bertz CT molecular complexity index is 697. The Morgan fingerprint density at radius 3 is 2.16 bits per heavy atom. The molecule has 0 fully saturated rings. The van der Waals surface area contributed by atoms with Gasteiger partial charge < -0.3 is 20.7 Å². The van der Waals surface area contributed by atoms with Crippen molar-refractivity contribution in [3.63, 3.8) is 0 Å². The number of hydrogen-bond donors (Lipinski definition) is 3. The van der Waals surface area contributed by atoms with Gasteiger partial charge in [0.25, 0.3) is 0 Å². The Hall–Kier alpha value is -3.02. The van der Waals surface area contributed by atoms with E-state index in [1.165, 1.54) is 0 Å². The molecule has 2 rings (SSSR count). The molecule has 0 aromatic heterocycles. The molecule has 0 saturated heterocycles. The third-order valence-electron chi connectivity index (χ3n) is 3.56. The first-order chi connectivity index (χ1) is 12.1. The maximum absolute atomic E-state index is 11.9. The number of carbonyl (C=O) groups is 2. The SMILES string of the molecule is CCNC(=O)Cc1ccc(NC(=O)NCc2ccc(OC)cc2)cc1. The second-order valence-corrected chi connectivity index (χ2v) is 5.48. The molecule has 0 spiro atoms. The molecule has 132 valence electrons. The van der Waals surface area contributed by atoms with E-state index in [2.05, 4.69) is 16.0 Å². The van der Waals surface area contributed by atoms with Crippen LogP contribution in [0.1, 0.15) is 18.1 Å². The molecule has 0 saturated carbocycles. The second-order valence-electron chi connectivity index (χ2n) is 5.48. The summed E-state index contributed by atoms with van der Waals surface area (Å²) >= 11 is 0. The van der Waals surface area contributed by atoms with Gasteiger partial charge in [0.05, 0.1) is 13.5 Å². The van der Waals surface area contributed by atoms with Gasteiger partial charge in [0.15, 0.2) is 0 Å². The van der Waals surface area contributed by atoms with E-state index in [0.717, 1.165) is 16.9 Å². The standard InChI is InChI=1S/C19H23N3O3/c1-3-20-18(23)12-14-4-8-16(9-5-14)22-19(24)21-13-15-6-10-17(25-2)11-7-15/h4-11H,3,12-13H2,1-2H3,(H,20,23)(H2,21,22,24). The summed E-state index contributed by atoms with van der Waals surface area (Å²) < 4.78 is 5.10. The monoisotopic (exact) mass is 341 g/mol. The molecule has 3 amide bonds. The van der Waals surface area contributed by atoms with Crippen LogP contribution in [0.5, 0.6) is 5.75 Å². The molecule has 0 aliphatic carbocycles. The molecule has 0 heterocycles. The van der Waals surface area contributed by atoms with E-state index in [1.807, 2.05) is 43.3 Å². The van der Waals surface area contributed by atoms with Gasteiger partial charge in [-0.2, -0.15) is 0 Å². The van der Waals surface area contributed by atoms with Crippen molar-refractivity contribution in [2.75, 3.05) is 19.0 Å². The lowest BCUT2D eigenvalue weighted by molar-refractivity contribution is -0.120. The molecule has 2 aromatic rings. The summed E-state index contributed by atoms with van der Waals surface area (Å²) in [6.45, 7) is 2.92. The number of benzene rings is 2. The molecule has 0 aliphatic heterocycles. The van der Waals surface area contributed by atoms with Crippen molar-refractivity contribution < 1.29 is 14.3 Å². The zero-order valence-corrected chi connectivity index (χ0v) is 14.5. The Morgan fingerprint density at radius 1 is 0.920 bits per heavy atom. The third kappa shape index (κ3) is 6.18. The average molecular weight is 341 g/mol. The highest BCUT2D eigenvalue weighted by molar-refractivity contribution is 5.89. The summed E-state index contributed by atoms with van der Waals surface area (Å²) in [7, 11) is 1.61. The number of nitrogens with one attached hydrogen (secondary N) is 3. The van der Waals surface area contributed by atoms with Gasteiger partial charge in [0.2, 0.25) is 5.91 Å². The van der Waals surface area contributed by atoms with E-state index < -0.39 is 0 Å². The summed E-state index contributed by atoms with van der Waals surface area (Å²) in [5.41, 5.74) is 2.55. The van der Waals surface area contributed by atoms with E-state index in [4.69, 9.17) is 4.74 Å². The van der Waals surface area contributed by atoms with Crippen molar-refractivity contribution in [2.24, 2.45) is 0 Å². The van der Waals surface area contributed by atoms with Crippen LogP contribution >= 0.6 is 0 Å². The van der Waals surface area contributed by atoms with Gasteiger partial charge in [-0.3, -0.25) is 4.79 Å². The van der Waals surface area contributed by atoms with E-state index >= 15 is 0 Å². The van der Waals surface area contributed by atoms with Gasteiger partial charge in [-0.1, -0.05) is 24.3 Å². The predicted octanol–water partition coefficient (Wildman–Crippen LogP) is 2.70. The molecule has 0 aliphatic rings. The average Bonchev–Trinajstić information content (AvgIpc) is 2.62. The van der Waals surface area contributed by atoms with E-state index in [0.29, 0.717) is 25.2 Å². The van der Waals surface area contributed by atoms with Crippen molar-refractivity contribution in [2.45, 2.75) is 19.9 Å². The normalized spacial score (nSPS) is 10.0. The molecule has 6 heteroatoms. The molecule has 6 nitrogen and oxygen atoms in total. The van der Waals surface area contributed by atoms with Crippen LogP contribution in [0.3, 0.4) is 0 Å². The lowest BCUT2D eigenvalue weighted by atomic mass is 10.1. The number of urea groups is 1. The zero-order chi connectivity index (χ0) is 18.1. The number of likely N-dealkylation sites (N-methyl/N-ethyl adjacent to an activating group) is 1. The first-order valence-corrected chi connectivity index (χ1v) is 8.14. The molecule has 25 heavy (non-hydrogen) atoms. The van der Waals surface area contributed by atoms with Gasteiger partial charge in [-0.15, -0.1) is 0 Å². The number of ether oxygens (including phenoxy) is 1. The number of methoxy groups -OCH3 is 1. The highest BCUT2D eigenvalue weighted by Crippen LogP contribution is 2.12. The van der Waals surface area contributed by atoms with Gasteiger partial charge in [0.1, 0.15) is 5.75 Å². The van der Waals surface area contributed by atoms with Crippen molar-refractivity contribution in [1.82, 2.24) is 10.6 Å². The quantitative estimate of drug-likeness (QED) is 0.724. The first-order valence-electron chi connectivity index (χ1n) is 8.14. The van der Waals surface area contributed by atoms with Crippen LogP contribution in [-0.2, 0) is 17.8 Å². The molecule has 0 radical (unpaired) electrons. The highest BCUT2D eigenvalue weighted by atomic mass is 16.5. The van der Waals surface area contributed by atoms with Crippen LogP contribution in [0.25, 0.3) is 0 Å². The maximum atomic E-state index is 11.9. The van der Waals surface area contributed by atoms with Crippen molar-refractivity contribution in [3.8, 4) is 5.75 Å². The second kappa shape index (κ2) is 9.32. The van der Waals surface area contributed by atoms with Crippen molar-refractivity contribution in [1.29, 1.82) is 0 Å². The highest BCUT2D eigenvalue weighted by Gasteiger charge is 2.04. The van der Waals surface area contributed by atoms with Gasteiger partial charge >= 0.3 is 6.03 Å². The molecule has 0 bridgehead atoms. The van der Waals surface area contributed by atoms with Crippen LogP contribution in [-0.4, -0.2) is 25.6 Å². The first kappa shape index (κ1) is 18.3. The lowest BCUT2D eigenvalue weighted by Crippen LogP contribution is -2.28. The number of hydrogen-bond acceptors (Lipinski definition) is 3. The summed E-state index contributed by atoms with van der Waals surface area (Å²) in [4.78, 5) is 23.5. The zero-order valence-electron chi connectivity index (χ0n) is 14.5. The van der Waals surface area contributed by atoms with Crippen LogP contribution in [0.4, 0.5) is 10.5 Å². The fraction of sp³-hybridized carbons (Fsp3) is 0.263. The van der Waals surface area contributed by atoms with Crippen molar-refractivity contribution in [3.05, 3.63) is 59.7 Å². The van der Waals surface area contributed by atoms with Crippen molar-refractivity contribution >= 4 is 17.6 Å². The summed E-state index contributed by atoms with van der Waals surface area (Å²) in [6, 6.07) is 14.4. The molecule has 0 unspecified atom stereocenters. The summed E-state index contributed by atoms with van der Waals surface area (Å²) in [5.74, 6) is 0.765. The molecule has 0 atom stereocenters. The third-order valence-corrected chi connectivity index (χ3v) is 3.56. The maximum Gasteiger partial charge on any atom is 0.319 e. The lowest BCUT2D eigenvalue weighted by Gasteiger charge is -2.09. The minimum Gasteiger partial charge on any atom is -0.497 e. The topological polar surface area (TPSA) is 79.5 Å². The predicted molar refractivity (Wildman–Crippen MR) is 97.7 cm³/mol. The van der Waals surface area contributed by atoms with Crippen LogP contribution in [0, 0.1) is 0 Å². The van der Waals surface area contributed by atoms with Crippen LogP contribution in [0.15, 0.2) is 48.5 Å². The van der Waals surface area contributed by atoms with Crippen LogP contribution < -0.4 is 20.7 Å². The van der Waals surface area contributed by atoms with Gasteiger partial charge in [0, 0.05) is 18.8 Å². The fourth-order valence-electron chi connectivity index (χ4n) is 2.25. The van der Waals surface area contributed by atoms with E-state index in [1.54, 1.807) is 19.2 Å². The minimum absolute atomic E-state index is 0.0135. The molecular weight excluding hydrogens is 318 g/mol. The minimum atomic E-state index is -0.285.